The van der Waals surface area contributed by atoms with E-state index in [4.69, 9.17) is 9.84 Å². The summed E-state index contributed by atoms with van der Waals surface area (Å²) in [6.45, 7) is 1.81. The number of aliphatic carboxylic acids is 1. The second kappa shape index (κ2) is 4.52. The second-order valence-corrected chi connectivity index (χ2v) is 4.06. The highest BCUT2D eigenvalue weighted by molar-refractivity contribution is 5.66. The van der Waals surface area contributed by atoms with Crippen molar-refractivity contribution in [2.45, 2.75) is 19.1 Å². The number of hydrogen-bond acceptors (Lipinski definition) is 4. The maximum absolute atomic E-state index is 10.5. The smallest absolute Gasteiger partial charge is 0.325 e. The summed E-state index contributed by atoms with van der Waals surface area (Å²) < 4.78 is 7.05. The van der Waals surface area contributed by atoms with E-state index in [0.29, 0.717) is 5.75 Å². The van der Waals surface area contributed by atoms with Gasteiger partial charge in [-0.25, -0.2) is 0 Å². The van der Waals surface area contributed by atoms with E-state index in [-0.39, 0.29) is 12.6 Å². The van der Waals surface area contributed by atoms with Gasteiger partial charge in [0.2, 0.25) is 0 Å². The van der Waals surface area contributed by atoms with Crippen LogP contribution in [0.15, 0.2) is 12.4 Å². The fourth-order valence-corrected chi connectivity index (χ4v) is 1.81. The number of hydrogen-bond donors (Lipinski definition) is 1. The summed E-state index contributed by atoms with van der Waals surface area (Å²) >= 11 is 0. The van der Waals surface area contributed by atoms with E-state index < -0.39 is 5.97 Å². The maximum Gasteiger partial charge on any atom is 0.325 e. The van der Waals surface area contributed by atoms with Gasteiger partial charge in [-0.1, -0.05) is 0 Å². The predicted molar refractivity (Wildman–Crippen MR) is 56.4 cm³/mol. The van der Waals surface area contributed by atoms with E-state index in [1.54, 1.807) is 12.4 Å². The number of likely N-dealkylation sites (tertiary alicyclic amines) is 1. The molecule has 1 unspecified atom stereocenters. The number of ether oxygens (including phenoxy) is 1. The molecule has 6 heteroatoms. The van der Waals surface area contributed by atoms with E-state index in [2.05, 4.69) is 17.0 Å². The third kappa shape index (κ3) is 2.73. The molecule has 88 valence electrons. The summed E-state index contributed by atoms with van der Waals surface area (Å²) in [5.74, 6) is -0.267. The Labute approximate surface area is 93.4 Å². The lowest BCUT2D eigenvalue weighted by Gasteiger charge is -2.11. The number of carboxylic acids is 1. The molecule has 16 heavy (non-hydrogen) atoms. The van der Waals surface area contributed by atoms with Gasteiger partial charge in [-0.3, -0.25) is 9.48 Å². The topological polar surface area (TPSA) is 67.6 Å². The molecular weight excluding hydrogens is 210 g/mol. The summed E-state index contributed by atoms with van der Waals surface area (Å²) in [6.07, 6.45) is 4.36. The third-order valence-electron chi connectivity index (χ3n) is 2.56. The first-order chi connectivity index (χ1) is 7.63. The highest BCUT2D eigenvalue weighted by Crippen LogP contribution is 2.16. The van der Waals surface area contributed by atoms with Gasteiger partial charge in [-0.2, -0.15) is 5.10 Å². The molecular formula is C10H15N3O3. The zero-order chi connectivity index (χ0) is 11.5. The molecule has 0 radical (unpaired) electrons. The Kier molecular flexibility index (Phi) is 3.09. The van der Waals surface area contributed by atoms with E-state index in [9.17, 15) is 4.79 Å². The normalized spacial score (nSPS) is 21.2. The number of rotatable bonds is 4. The summed E-state index contributed by atoms with van der Waals surface area (Å²) in [4.78, 5) is 12.7. The van der Waals surface area contributed by atoms with Crippen molar-refractivity contribution in [2.24, 2.45) is 0 Å². The lowest BCUT2D eigenvalue weighted by atomic mass is 10.3. The number of carboxylic acid groups (broad SMARTS) is 1. The molecule has 6 nitrogen and oxygen atoms in total. The van der Waals surface area contributed by atoms with Gasteiger partial charge in [0.25, 0.3) is 0 Å². The summed E-state index contributed by atoms with van der Waals surface area (Å²) in [7, 11) is 2.05. The van der Waals surface area contributed by atoms with Gasteiger partial charge >= 0.3 is 5.97 Å². The molecule has 2 heterocycles. The van der Waals surface area contributed by atoms with Gasteiger partial charge < -0.3 is 14.7 Å². The van der Waals surface area contributed by atoms with E-state index in [1.165, 1.54) is 4.68 Å². The van der Waals surface area contributed by atoms with Crippen LogP contribution in [-0.2, 0) is 11.3 Å². The van der Waals surface area contributed by atoms with Crippen LogP contribution in [0.2, 0.25) is 0 Å². The van der Waals surface area contributed by atoms with Crippen molar-refractivity contribution in [2.75, 3.05) is 20.1 Å². The number of likely N-dealkylation sites (N-methyl/N-ethyl adjacent to an activating group) is 1. The van der Waals surface area contributed by atoms with E-state index >= 15 is 0 Å². The van der Waals surface area contributed by atoms with Gasteiger partial charge in [0.15, 0.2) is 5.75 Å². The van der Waals surface area contributed by atoms with Crippen molar-refractivity contribution in [3.05, 3.63) is 12.4 Å². The lowest BCUT2D eigenvalue weighted by Crippen LogP contribution is -2.21. The van der Waals surface area contributed by atoms with Gasteiger partial charge in [-0.15, -0.1) is 0 Å². The van der Waals surface area contributed by atoms with Crippen LogP contribution >= 0.6 is 0 Å². The fraction of sp³-hybridized carbons (Fsp3) is 0.600. The minimum Gasteiger partial charge on any atom is -0.486 e. The summed E-state index contributed by atoms with van der Waals surface area (Å²) in [6, 6.07) is 0. The van der Waals surface area contributed by atoms with Gasteiger partial charge in [0.05, 0.1) is 12.4 Å². The Morgan fingerprint density at radius 3 is 3.19 bits per heavy atom. The van der Waals surface area contributed by atoms with Crippen molar-refractivity contribution >= 4 is 5.97 Å². The lowest BCUT2D eigenvalue weighted by molar-refractivity contribution is -0.137. The average molecular weight is 225 g/mol. The quantitative estimate of drug-likeness (QED) is 0.784. The van der Waals surface area contributed by atoms with E-state index in [0.717, 1.165) is 19.5 Å². The van der Waals surface area contributed by atoms with Crippen molar-refractivity contribution < 1.29 is 14.6 Å². The first-order valence-corrected chi connectivity index (χ1v) is 5.23. The van der Waals surface area contributed by atoms with Gasteiger partial charge in [-0.05, 0) is 13.5 Å². The number of carbonyl (C=O) groups is 1. The molecule has 1 N–H and O–H groups in total. The molecule has 1 aliphatic heterocycles. The van der Waals surface area contributed by atoms with Crippen LogP contribution in [-0.4, -0.2) is 52.0 Å². The van der Waals surface area contributed by atoms with Gasteiger partial charge in [0.1, 0.15) is 12.6 Å². The SMILES string of the molecule is CN1CCC(Oc2cnn(CC(=O)O)c2)C1. The molecule has 1 fully saturated rings. The van der Waals surface area contributed by atoms with Crippen LogP contribution in [0.1, 0.15) is 6.42 Å². The van der Waals surface area contributed by atoms with Crippen molar-refractivity contribution in [1.82, 2.24) is 14.7 Å². The Hall–Kier alpha value is -1.56. The monoisotopic (exact) mass is 225 g/mol. The minimum atomic E-state index is -0.907. The molecule has 0 spiro atoms. The summed E-state index contributed by atoms with van der Waals surface area (Å²) in [5.41, 5.74) is 0. The molecule has 1 aromatic rings. The largest absolute Gasteiger partial charge is 0.486 e. The van der Waals surface area contributed by atoms with Crippen molar-refractivity contribution in [1.29, 1.82) is 0 Å². The highest BCUT2D eigenvalue weighted by atomic mass is 16.5. The zero-order valence-electron chi connectivity index (χ0n) is 9.17. The van der Waals surface area contributed by atoms with Crippen molar-refractivity contribution in [3.63, 3.8) is 0 Å². The average Bonchev–Trinajstić information content (AvgIpc) is 2.76. The van der Waals surface area contributed by atoms with Crippen LogP contribution in [0.3, 0.4) is 0 Å². The second-order valence-electron chi connectivity index (χ2n) is 4.06. The first-order valence-electron chi connectivity index (χ1n) is 5.23. The number of aromatic nitrogens is 2. The van der Waals surface area contributed by atoms with E-state index in [1.807, 2.05) is 0 Å². The van der Waals surface area contributed by atoms with Crippen LogP contribution in [0.25, 0.3) is 0 Å². The molecule has 0 bridgehead atoms. The molecule has 2 rings (SSSR count). The molecule has 1 atom stereocenters. The first kappa shape index (κ1) is 10.9. The Bertz CT molecular complexity index is 377. The third-order valence-corrected chi connectivity index (χ3v) is 2.56. The van der Waals surface area contributed by atoms with Crippen LogP contribution in [0.4, 0.5) is 0 Å². The maximum atomic E-state index is 10.5. The molecule has 0 aromatic carbocycles. The number of nitrogens with zero attached hydrogens (tertiary/aromatic N) is 3. The van der Waals surface area contributed by atoms with Crippen LogP contribution in [0.5, 0.6) is 5.75 Å². The molecule has 0 saturated carbocycles. The standard InChI is InChI=1S/C10H15N3O3/c1-12-3-2-8(5-12)16-9-4-11-13(6-9)7-10(14)15/h4,6,8H,2-3,5,7H2,1H3,(H,14,15). The van der Waals surface area contributed by atoms with Crippen molar-refractivity contribution in [3.8, 4) is 5.75 Å². The Morgan fingerprint density at radius 1 is 1.75 bits per heavy atom. The van der Waals surface area contributed by atoms with Crippen LogP contribution in [0, 0.1) is 0 Å². The summed E-state index contributed by atoms with van der Waals surface area (Å²) in [5, 5.41) is 12.5. The fourth-order valence-electron chi connectivity index (χ4n) is 1.81. The molecule has 0 aliphatic carbocycles. The molecule has 1 saturated heterocycles. The molecule has 1 aromatic heterocycles. The molecule has 0 amide bonds. The molecule has 1 aliphatic rings. The highest BCUT2D eigenvalue weighted by Gasteiger charge is 2.21. The zero-order valence-corrected chi connectivity index (χ0v) is 9.17. The van der Waals surface area contributed by atoms with Crippen LogP contribution < -0.4 is 4.74 Å². The minimum absolute atomic E-state index is 0.131. The Balaban J connectivity index is 1.90. The van der Waals surface area contributed by atoms with Gasteiger partial charge in [0, 0.05) is 13.1 Å². The predicted octanol–water partition coefficient (Wildman–Crippen LogP) is 0.0506. The Morgan fingerprint density at radius 2 is 2.56 bits per heavy atom.